The zero-order chi connectivity index (χ0) is 18.7. The molecule has 0 radical (unpaired) electrons. The number of amides is 1. The molecule has 0 bridgehead atoms. The number of carbonyl (C=O) groups excluding carboxylic acids is 1. The number of benzene rings is 2. The molecule has 0 unspecified atom stereocenters. The second kappa shape index (κ2) is 7.94. The summed E-state index contributed by atoms with van der Waals surface area (Å²) < 4.78 is 2.12. The van der Waals surface area contributed by atoms with Crippen molar-refractivity contribution in [2.24, 2.45) is 0 Å². The van der Waals surface area contributed by atoms with E-state index in [1.54, 1.807) is 36.2 Å². The first-order chi connectivity index (χ1) is 12.5. The average Bonchev–Trinajstić information content (AvgIpc) is 2.99. The third-order valence-electron chi connectivity index (χ3n) is 4.17. The maximum atomic E-state index is 12.5. The second-order valence-corrected chi connectivity index (χ2v) is 6.80. The van der Waals surface area contributed by atoms with Crippen LogP contribution >= 0.6 is 23.2 Å². The molecule has 3 rings (SSSR count). The first-order valence-electron chi connectivity index (χ1n) is 8.32. The molecule has 0 fully saturated rings. The third-order valence-corrected chi connectivity index (χ3v) is 4.75. The number of carbonyl (C=O) groups is 1. The van der Waals surface area contributed by atoms with Crippen molar-refractivity contribution in [3.63, 3.8) is 0 Å². The van der Waals surface area contributed by atoms with Crippen LogP contribution in [0.25, 0.3) is 17.1 Å². The molecular weight excluding hydrogens is 369 g/mol. The van der Waals surface area contributed by atoms with Crippen LogP contribution in [0.1, 0.15) is 18.3 Å². The van der Waals surface area contributed by atoms with Crippen molar-refractivity contribution in [1.29, 1.82) is 0 Å². The van der Waals surface area contributed by atoms with Gasteiger partial charge in [0.2, 0.25) is 5.91 Å². The number of likely N-dealkylation sites (N-methyl/N-ethyl adjacent to an activating group) is 1. The minimum Gasteiger partial charge on any atom is -0.335 e. The van der Waals surface area contributed by atoms with Gasteiger partial charge in [0.15, 0.2) is 0 Å². The Bertz CT molecular complexity index is 978. The van der Waals surface area contributed by atoms with Crippen LogP contribution in [0.15, 0.2) is 48.5 Å². The number of para-hydroxylation sites is 2. The van der Waals surface area contributed by atoms with Gasteiger partial charge in [0.1, 0.15) is 5.82 Å². The predicted octanol–water partition coefficient (Wildman–Crippen LogP) is 5.03. The van der Waals surface area contributed by atoms with Gasteiger partial charge in [0.05, 0.1) is 17.6 Å². The summed E-state index contributed by atoms with van der Waals surface area (Å²) in [6.07, 6.45) is 3.17. The first kappa shape index (κ1) is 18.5. The van der Waals surface area contributed by atoms with Crippen LogP contribution in [0.4, 0.5) is 0 Å². The molecular formula is C20H19Cl2N3O. The number of imidazole rings is 1. The van der Waals surface area contributed by atoms with Crippen LogP contribution in [0.3, 0.4) is 0 Å². The van der Waals surface area contributed by atoms with Crippen molar-refractivity contribution in [3.8, 4) is 0 Å². The Morgan fingerprint density at radius 2 is 2.00 bits per heavy atom. The van der Waals surface area contributed by atoms with E-state index in [1.165, 1.54) is 6.08 Å². The molecule has 0 saturated carbocycles. The van der Waals surface area contributed by atoms with Crippen LogP contribution in [-0.4, -0.2) is 27.4 Å². The Balaban J connectivity index is 1.77. The molecule has 0 aliphatic rings. The first-order valence-corrected chi connectivity index (χ1v) is 9.07. The zero-order valence-electron chi connectivity index (χ0n) is 14.6. The number of rotatable bonds is 5. The SMILES string of the molecule is CCn1c(CN(C)C(=O)/C=C/c2cc(Cl)ccc2Cl)nc2ccccc21. The van der Waals surface area contributed by atoms with E-state index in [0.717, 1.165) is 23.4 Å². The highest BCUT2D eigenvalue weighted by molar-refractivity contribution is 6.34. The fourth-order valence-corrected chi connectivity index (χ4v) is 3.18. The molecule has 26 heavy (non-hydrogen) atoms. The minimum atomic E-state index is -0.129. The lowest BCUT2D eigenvalue weighted by atomic mass is 10.2. The van der Waals surface area contributed by atoms with Gasteiger partial charge in [-0.15, -0.1) is 0 Å². The van der Waals surface area contributed by atoms with Crippen LogP contribution in [0.5, 0.6) is 0 Å². The summed E-state index contributed by atoms with van der Waals surface area (Å²) in [5.41, 5.74) is 2.72. The summed E-state index contributed by atoms with van der Waals surface area (Å²) in [5.74, 6) is 0.731. The van der Waals surface area contributed by atoms with Gasteiger partial charge in [-0.3, -0.25) is 4.79 Å². The van der Waals surface area contributed by atoms with Crippen molar-refractivity contribution in [2.75, 3.05) is 7.05 Å². The smallest absolute Gasteiger partial charge is 0.246 e. The van der Waals surface area contributed by atoms with Gasteiger partial charge in [-0.25, -0.2) is 4.98 Å². The Morgan fingerprint density at radius 1 is 1.23 bits per heavy atom. The number of halogens is 2. The van der Waals surface area contributed by atoms with Crippen molar-refractivity contribution in [3.05, 3.63) is 70.0 Å². The second-order valence-electron chi connectivity index (χ2n) is 5.95. The molecule has 1 amide bonds. The van der Waals surface area contributed by atoms with Crippen LogP contribution < -0.4 is 0 Å². The molecule has 0 aliphatic carbocycles. The molecule has 3 aromatic rings. The molecule has 6 heteroatoms. The highest BCUT2D eigenvalue weighted by Crippen LogP contribution is 2.22. The highest BCUT2D eigenvalue weighted by Gasteiger charge is 2.13. The Kier molecular flexibility index (Phi) is 5.64. The lowest BCUT2D eigenvalue weighted by Crippen LogP contribution is -2.26. The third kappa shape index (κ3) is 3.92. The van der Waals surface area contributed by atoms with Crippen molar-refractivity contribution in [2.45, 2.75) is 20.0 Å². The number of aromatic nitrogens is 2. The van der Waals surface area contributed by atoms with E-state index in [9.17, 15) is 4.79 Å². The minimum absolute atomic E-state index is 0.129. The van der Waals surface area contributed by atoms with E-state index in [1.807, 2.05) is 24.3 Å². The number of fused-ring (bicyclic) bond motifs is 1. The summed E-state index contributed by atoms with van der Waals surface area (Å²) in [6, 6.07) is 13.1. The largest absolute Gasteiger partial charge is 0.335 e. The fraction of sp³-hybridized carbons (Fsp3) is 0.200. The number of aryl methyl sites for hydroxylation is 1. The van der Waals surface area contributed by atoms with Crippen LogP contribution in [-0.2, 0) is 17.9 Å². The number of hydrogen-bond donors (Lipinski definition) is 0. The van der Waals surface area contributed by atoms with Crippen LogP contribution in [0, 0.1) is 0 Å². The predicted molar refractivity (Wildman–Crippen MR) is 107 cm³/mol. The van der Waals surface area contributed by atoms with E-state index in [4.69, 9.17) is 23.2 Å². The maximum absolute atomic E-state index is 12.5. The number of hydrogen-bond acceptors (Lipinski definition) is 2. The van der Waals surface area contributed by atoms with Gasteiger partial charge in [-0.05, 0) is 48.9 Å². The van der Waals surface area contributed by atoms with E-state index in [2.05, 4.69) is 16.5 Å². The molecule has 0 N–H and O–H groups in total. The summed E-state index contributed by atoms with van der Waals surface area (Å²) in [6.45, 7) is 3.29. The number of nitrogens with zero attached hydrogens (tertiary/aromatic N) is 3. The molecule has 0 spiro atoms. The molecule has 0 saturated heterocycles. The maximum Gasteiger partial charge on any atom is 0.246 e. The van der Waals surface area contributed by atoms with E-state index in [0.29, 0.717) is 22.2 Å². The molecule has 0 atom stereocenters. The summed E-state index contributed by atoms with van der Waals surface area (Å²) in [7, 11) is 1.76. The molecule has 134 valence electrons. The summed E-state index contributed by atoms with van der Waals surface area (Å²) >= 11 is 12.1. The van der Waals surface area contributed by atoms with Crippen molar-refractivity contribution in [1.82, 2.24) is 14.5 Å². The molecule has 0 aliphatic heterocycles. The van der Waals surface area contributed by atoms with Gasteiger partial charge in [-0.1, -0.05) is 35.3 Å². The molecule has 1 heterocycles. The van der Waals surface area contributed by atoms with Gasteiger partial charge in [0, 0.05) is 29.7 Å². The Morgan fingerprint density at radius 3 is 2.77 bits per heavy atom. The van der Waals surface area contributed by atoms with Crippen LogP contribution in [0.2, 0.25) is 10.0 Å². The fourth-order valence-electron chi connectivity index (χ4n) is 2.82. The standard InChI is InChI=1S/C20H19Cl2N3O/c1-3-25-18-7-5-4-6-17(18)23-19(25)13-24(2)20(26)11-8-14-12-15(21)9-10-16(14)22/h4-12H,3,13H2,1-2H3/b11-8+. The normalized spacial score (nSPS) is 11.4. The summed E-state index contributed by atoms with van der Waals surface area (Å²) in [4.78, 5) is 18.7. The summed E-state index contributed by atoms with van der Waals surface area (Å²) in [5, 5.41) is 1.13. The van der Waals surface area contributed by atoms with E-state index < -0.39 is 0 Å². The molecule has 2 aromatic carbocycles. The van der Waals surface area contributed by atoms with Gasteiger partial charge < -0.3 is 9.47 Å². The average molecular weight is 388 g/mol. The lowest BCUT2D eigenvalue weighted by molar-refractivity contribution is -0.125. The van der Waals surface area contributed by atoms with Crippen molar-refractivity contribution < 1.29 is 4.79 Å². The Labute approximate surface area is 162 Å². The van der Waals surface area contributed by atoms with E-state index >= 15 is 0 Å². The van der Waals surface area contributed by atoms with Crippen molar-refractivity contribution >= 4 is 46.2 Å². The van der Waals surface area contributed by atoms with E-state index in [-0.39, 0.29) is 5.91 Å². The topological polar surface area (TPSA) is 38.1 Å². The molecule has 4 nitrogen and oxygen atoms in total. The van der Waals surface area contributed by atoms with Gasteiger partial charge >= 0.3 is 0 Å². The lowest BCUT2D eigenvalue weighted by Gasteiger charge is -2.15. The zero-order valence-corrected chi connectivity index (χ0v) is 16.1. The van der Waals surface area contributed by atoms with Gasteiger partial charge in [-0.2, -0.15) is 0 Å². The van der Waals surface area contributed by atoms with Gasteiger partial charge in [0.25, 0.3) is 0 Å². The monoisotopic (exact) mass is 387 g/mol. The highest BCUT2D eigenvalue weighted by atomic mass is 35.5. The quantitative estimate of drug-likeness (QED) is 0.575. The molecule has 1 aromatic heterocycles. The Hall–Kier alpha value is -2.30.